The number of methoxy groups -OCH3 is 1. The first-order valence-corrected chi connectivity index (χ1v) is 7.84. The van der Waals surface area contributed by atoms with Gasteiger partial charge in [0, 0.05) is 10.5 Å². The van der Waals surface area contributed by atoms with E-state index in [0.29, 0.717) is 12.1 Å². The molecule has 0 aromatic heterocycles. The predicted molar refractivity (Wildman–Crippen MR) is 84.9 cm³/mol. The van der Waals surface area contributed by atoms with Crippen molar-refractivity contribution in [2.24, 2.45) is 0 Å². The zero-order valence-electron chi connectivity index (χ0n) is 13.2. The van der Waals surface area contributed by atoms with Gasteiger partial charge < -0.3 is 14.6 Å². The van der Waals surface area contributed by atoms with E-state index in [2.05, 4.69) is 4.72 Å². The molecule has 0 heterocycles. The molecule has 2 aromatic carbocycles. The van der Waals surface area contributed by atoms with E-state index in [0.717, 1.165) is 30.0 Å². The molecule has 2 rings (SSSR count). The number of nitrogens with one attached hydrogen (secondary N) is 1. The van der Waals surface area contributed by atoms with Crippen molar-refractivity contribution in [3.8, 4) is 5.75 Å². The number of anilines is 1. The third-order valence-corrected chi connectivity index (χ3v) is 4.29. The average Bonchev–Trinajstić information content (AvgIpc) is 2.58. The lowest BCUT2D eigenvalue weighted by atomic mass is 9.92. The summed E-state index contributed by atoms with van der Waals surface area (Å²) in [5.74, 6) is -0.280. The molecule has 2 aromatic rings. The van der Waals surface area contributed by atoms with Crippen LogP contribution in [0.1, 0.15) is 5.56 Å². The Hall–Kier alpha value is -2.07. The second kappa shape index (κ2) is 7.28. The third-order valence-electron chi connectivity index (χ3n) is 3.46. The monoisotopic (exact) mass is 397 g/mol. The fourth-order valence-electron chi connectivity index (χ4n) is 2.09. The van der Waals surface area contributed by atoms with Crippen LogP contribution in [-0.2, 0) is 5.60 Å². The summed E-state index contributed by atoms with van der Waals surface area (Å²) in [6, 6.07) is 10.9. The quantitative estimate of drug-likeness (QED) is 0.542. The second-order valence-corrected chi connectivity index (χ2v) is 6.02. The molecule has 0 aliphatic rings. The molecule has 0 spiro atoms. The highest BCUT2D eigenvalue weighted by Crippen LogP contribution is 2.51. The molecule has 142 valence electrons. The Labute approximate surface area is 149 Å². The molecule has 0 aliphatic carbocycles. The second-order valence-electron chi connectivity index (χ2n) is 5.14. The van der Waals surface area contributed by atoms with E-state index in [4.69, 9.17) is 4.74 Å². The van der Waals surface area contributed by atoms with Gasteiger partial charge in [-0.25, -0.2) is 0 Å². The Morgan fingerprint density at radius 1 is 0.923 bits per heavy atom. The summed E-state index contributed by atoms with van der Waals surface area (Å²) < 4.78 is 85.4. The van der Waals surface area contributed by atoms with Crippen molar-refractivity contribution >= 4 is 17.6 Å². The van der Waals surface area contributed by atoms with Crippen molar-refractivity contribution in [1.29, 1.82) is 0 Å². The van der Waals surface area contributed by atoms with E-state index in [1.807, 2.05) is 0 Å². The average molecular weight is 397 g/mol. The molecule has 2 N–H and O–H groups in total. The molecule has 0 aliphatic heterocycles. The number of benzene rings is 2. The van der Waals surface area contributed by atoms with E-state index in [1.54, 1.807) is 30.3 Å². The summed E-state index contributed by atoms with van der Waals surface area (Å²) in [4.78, 5) is 0.765. The maximum atomic E-state index is 13.0. The first-order chi connectivity index (χ1) is 12.0. The first kappa shape index (κ1) is 20.2. The Morgan fingerprint density at radius 3 is 2.00 bits per heavy atom. The van der Waals surface area contributed by atoms with Gasteiger partial charge in [0.1, 0.15) is 5.75 Å². The Balaban J connectivity index is 2.38. The summed E-state index contributed by atoms with van der Waals surface area (Å²) in [5, 5.41) is 9.44. The minimum absolute atomic E-state index is 0.150. The van der Waals surface area contributed by atoms with Crippen LogP contribution in [0.4, 0.5) is 32.0 Å². The molecule has 10 heteroatoms. The van der Waals surface area contributed by atoms with Crippen LogP contribution in [0.2, 0.25) is 0 Å². The largest absolute Gasteiger partial charge is 0.495 e. The van der Waals surface area contributed by atoms with Crippen LogP contribution in [0.15, 0.2) is 53.4 Å². The first-order valence-electron chi connectivity index (χ1n) is 7.03. The number of hydrogen-bond acceptors (Lipinski definition) is 4. The van der Waals surface area contributed by atoms with Crippen LogP contribution in [0.5, 0.6) is 5.75 Å². The summed E-state index contributed by atoms with van der Waals surface area (Å²) in [6.45, 7) is 0. The van der Waals surface area contributed by atoms with Crippen LogP contribution in [0.3, 0.4) is 0 Å². The number of alkyl halides is 6. The standard InChI is InChI=1S/C16H13F6NO2S/c1-25-13-9-10(14(24,15(17,18)19)16(20,21)22)7-8-12(13)23-26-11-5-3-2-4-6-11/h2-9,23-24H,1H3. The third kappa shape index (κ3) is 3.85. The fourth-order valence-corrected chi connectivity index (χ4v) is 2.78. The highest BCUT2D eigenvalue weighted by atomic mass is 32.2. The highest BCUT2D eigenvalue weighted by molar-refractivity contribution is 8.00. The molecule has 0 bridgehead atoms. The molecular weight excluding hydrogens is 384 g/mol. The molecule has 0 atom stereocenters. The van der Waals surface area contributed by atoms with Gasteiger partial charge in [-0.3, -0.25) is 0 Å². The summed E-state index contributed by atoms with van der Waals surface area (Å²) in [7, 11) is 1.09. The van der Waals surface area contributed by atoms with Crippen LogP contribution >= 0.6 is 11.9 Å². The lowest BCUT2D eigenvalue weighted by molar-refractivity contribution is -0.376. The van der Waals surface area contributed by atoms with Gasteiger partial charge in [-0.05, 0) is 36.2 Å². The Bertz CT molecular complexity index is 735. The van der Waals surface area contributed by atoms with Crippen LogP contribution in [-0.4, -0.2) is 24.6 Å². The zero-order chi connectivity index (χ0) is 19.6. The molecule has 26 heavy (non-hydrogen) atoms. The van der Waals surface area contributed by atoms with Crippen molar-refractivity contribution in [1.82, 2.24) is 0 Å². The normalized spacial score (nSPS) is 12.8. The minimum Gasteiger partial charge on any atom is -0.495 e. The number of hydrogen-bond donors (Lipinski definition) is 2. The van der Waals surface area contributed by atoms with E-state index in [-0.39, 0.29) is 11.4 Å². The van der Waals surface area contributed by atoms with Gasteiger partial charge in [0.2, 0.25) is 0 Å². The van der Waals surface area contributed by atoms with Gasteiger partial charge in [-0.2, -0.15) is 26.3 Å². The highest BCUT2D eigenvalue weighted by Gasteiger charge is 2.71. The molecule has 0 unspecified atom stereocenters. The Kier molecular flexibility index (Phi) is 5.67. The molecule has 0 saturated carbocycles. The SMILES string of the molecule is COc1cc(C(O)(C(F)(F)F)C(F)(F)F)ccc1NSc1ccccc1. The lowest BCUT2D eigenvalue weighted by Crippen LogP contribution is -2.53. The van der Waals surface area contributed by atoms with E-state index >= 15 is 0 Å². The molecule has 3 nitrogen and oxygen atoms in total. The molecular formula is C16H13F6NO2S. The van der Waals surface area contributed by atoms with Crippen molar-refractivity contribution in [3.63, 3.8) is 0 Å². The maximum absolute atomic E-state index is 13.0. The minimum atomic E-state index is -5.95. The summed E-state index contributed by atoms with van der Waals surface area (Å²) in [6.07, 6.45) is -11.9. The summed E-state index contributed by atoms with van der Waals surface area (Å²) >= 11 is 1.09. The number of aliphatic hydroxyl groups is 1. The van der Waals surface area contributed by atoms with Crippen molar-refractivity contribution < 1.29 is 36.2 Å². The van der Waals surface area contributed by atoms with Gasteiger partial charge in [0.15, 0.2) is 0 Å². The number of rotatable bonds is 5. The molecule has 0 radical (unpaired) electrons. The Morgan fingerprint density at radius 2 is 1.50 bits per heavy atom. The van der Waals surface area contributed by atoms with Gasteiger partial charge >= 0.3 is 12.4 Å². The number of ether oxygens (including phenoxy) is 1. The van der Waals surface area contributed by atoms with E-state index in [9.17, 15) is 31.4 Å². The van der Waals surface area contributed by atoms with Crippen molar-refractivity contribution in [2.45, 2.75) is 22.8 Å². The van der Waals surface area contributed by atoms with Crippen LogP contribution < -0.4 is 9.46 Å². The summed E-state index contributed by atoms with van der Waals surface area (Å²) in [5.41, 5.74) is -6.24. The van der Waals surface area contributed by atoms with Gasteiger partial charge in [-0.1, -0.05) is 24.3 Å². The van der Waals surface area contributed by atoms with Gasteiger partial charge in [0.05, 0.1) is 12.8 Å². The van der Waals surface area contributed by atoms with Gasteiger partial charge in [-0.15, -0.1) is 0 Å². The van der Waals surface area contributed by atoms with Crippen LogP contribution in [0, 0.1) is 0 Å². The maximum Gasteiger partial charge on any atom is 0.430 e. The van der Waals surface area contributed by atoms with E-state index in [1.165, 1.54) is 0 Å². The topological polar surface area (TPSA) is 41.5 Å². The van der Waals surface area contributed by atoms with Gasteiger partial charge in [0.25, 0.3) is 5.60 Å². The zero-order valence-corrected chi connectivity index (χ0v) is 14.0. The lowest BCUT2D eigenvalue weighted by Gasteiger charge is -2.33. The smallest absolute Gasteiger partial charge is 0.430 e. The number of halogens is 6. The molecule has 0 fully saturated rings. The predicted octanol–water partition coefficient (Wildman–Crippen LogP) is 5.13. The van der Waals surface area contributed by atoms with Crippen molar-refractivity contribution in [3.05, 3.63) is 54.1 Å². The van der Waals surface area contributed by atoms with Crippen LogP contribution in [0.25, 0.3) is 0 Å². The molecule has 0 saturated heterocycles. The van der Waals surface area contributed by atoms with E-state index < -0.39 is 23.5 Å². The molecule has 0 amide bonds. The fraction of sp³-hybridized carbons (Fsp3) is 0.250. The van der Waals surface area contributed by atoms with Crippen molar-refractivity contribution in [2.75, 3.05) is 11.8 Å².